The van der Waals surface area contributed by atoms with Gasteiger partial charge in [-0.05, 0) is 12.3 Å². The second-order valence-corrected chi connectivity index (χ2v) is 4.75. The molecule has 0 amide bonds. The van der Waals surface area contributed by atoms with Crippen molar-refractivity contribution in [3.63, 3.8) is 0 Å². The highest BCUT2D eigenvalue weighted by Gasteiger charge is 2.05. The first-order valence-electron chi connectivity index (χ1n) is 5.53. The maximum atomic E-state index is 5.93. The van der Waals surface area contributed by atoms with E-state index in [2.05, 4.69) is 20.3 Å². The van der Waals surface area contributed by atoms with E-state index in [9.17, 15) is 0 Å². The van der Waals surface area contributed by atoms with Gasteiger partial charge in [0, 0.05) is 24.4 Å². The summed E-state index contributed by atoms with van der Waals surface area (Å²) in [5.41, 5.74) is 0.949. The minimum absolute atomic E-state index is 0.417. The first kappa shape index (κ1) is 13.9. The van der Waals surface area contributed by atoms with Crippen molar-refractivity contribution in [2.45, 2.75) is 11.7 Å². The predicted molar refractivity (Wildman–Crippen MR) is 76.9 cm³/mol. The summed E-state index contributed by atoms with van der Waals surface area (Å²) in [5, 5.41) is 4.23. The van der Waals surface area contributed by atoms with E-state index in [0.29, 0.717) is 28.6 Å². The average molecular weight is 297 g/mol. The molecule has 0 atom stereocenters. The number of hydrogen-bond acceptors (Lipinski definition) is 6. The quantitative estimate of drug-likeness (QED) is 0.520. The lowest BCUT2D eigenvalue weighted by Gasteiger charge is -2.09. The standard InChI is InChI=1S/C12H13ClN4OS/c1-18-11-8(4-3-5-14-11)7-15-10-6-9(13)16-12(17-10)19-2/h3-6H,7H2,1-2H3,(H,15,16,17). The van der Waals surface area contributed by atoms with Crippen LogP contribution in [0, 0.1) is 0 Å². The van der Waals surface area contributed by atoms with E-state index < -0.39 is 0 Å². The zero-order valence-corrected chi connectivity index (χ0v) is 12.1. The van der Waals surface area contributed by atoms with Gasteiger partial charge in [0.25, 0.3) is 0 Å². The fourth-order valence-electron chi connectivity index (χ4n) is 1.51. The van der Waals surface area contributed by atoms with Crippen LogP contribution in [-0.2, 0) is 6.54 Å². The molecule has 100 valence electrons. The first-order chi connectivity index (χ1) is 9.22. The molecule has 2 heterocycles. The lowest BCUT2D eigenvalue weighted by atomic mass is 10.2. The molecule has 0 aliphatic heterocycles. The van der Waals surface area contributed by atoms with Crippen molar-refractivity contribution in [3.05, 3.63) is 35.1 Å². The van der Waals surface area contributed by atoms with Crippen molar-refractivity contribution < 1.29 is 4.74 Å². The van der Waals surface area contributed by atoms with Crippen LogP contribution < -0.4 is 10.1 Å². The van der Waals surface area contributed by atoms with Crippen molar-refractivity contribution in [2.75, 3.05) is 18.7 Å². The second kappa shape index (κ2) is 6.58. The fraction of sp³-hybridized carbons (Fsp3) is 0.250. The molecule has 0 spiro atoms. The third-order valence-corrected chi connectivity index (χ3v) is 3.10. The van der Waals surface area contributed by atoms with E-state index in [1.165, 1.54) is 11.8 Å². The van der Waals surface area contributed by atoms with E-state index in [4.69, 9.17) is 16.3 Å². The third kappa shape index (κ3) is 3.71. The normalized spacial score (nSPS) is 10.3. The van der Waals surface area contributed by atoms with E-state index in [-0.39, 0.29) is 0 Å². The molecule has 0 fully saturated rings. The lowest BCUT2D eigenvalue weighted by molar-refractivity contribution is 0.393. The number of halogens is 1. The van der Waals surface area contributed by atoms with Gasteiger partial charge in [-0.25, -0.2) is 15.0 Å². The highest BCUT2D eigenvalue weighted by Crippen LogP contribution is 2.19. The summed E-state index contributed by atoms with van der Waals surface area (Å²) in [4.78, 5) is 12.5. The van der Waals surface area contributed by atoms with Crippen LogP contribution in [-0.4, -0.2) is 28.3 Å². The summed E-state index contributed by atoms with van der Waals surface area (Å²) in [6.07, 6.45) is 3.59. The Bertz CT molecular complexity index is 567. The number of rotatable bonds is 5. The molecular weight excluding hydrogens is 284 g/mol. The summed E-state index contributed by atoms with van der Waals surface area (Å²) in [5.74, 6) is 1.27. The molecule has 2 aromatic heterocycles. The number of anilines is 1. The van der Waals surface area contributed by atoms with Gasteiger partial charge in [0.2, 0.25) is 5.88 Å². The SMILES string of the molecule is COc1ncccc1CNc1cc(Cl)nc(SC)n1. The van der Waals surface area contributed by atoms with Gasteiger partial charge in [0.1, 0.15) is 11.0 Å². The number of methoxy groups -OCH3 is 1. The molecule has 7 heteroatoms. The molecule has 2 aromatic rings. The monoisotopic (exact) mass is 296 g/mol. The smallest absolute Gasteiger partial charge is 0.218 e. The van der Waals surface area contributed by atoms with Crippen LogP contribution in [0.2, 0.25) is 5.15 Å². The fourth-order valence-corrected chi connectivity index (χ4v) is 2.12. The Morgan fingerprint density at radius 3 is 3.00 bits per heavy atom. The van der Waals surface area contributed by atoms with Gasteiger partial charge in [0.05, 0.1) is 7.11 Å². The van der Waals surface area contributed by atoms with Crippen molar-refractivity contribution in [2.24, 2.45) is 0 Å². The number of hydrogen-bond donors (Lipinski definition) is 1. The van der Waals surface area contributed by atoms with Gasteiger partial charge in [0.15, 0.2) is 5.16 Å². The highest BCUT2D eigenvalue weighted by atomic mass is 35.5. The number of pyridine rings is 1. The molecular formula is C12H13ClN4OS. The number of nitrogens with zero attached hydrogens (tertiary/aromatic N) is 3. The first-order valence-corrected chi connectivity index (χ1v) is 7.13. The van der Waals surface area contributed by atoms with Gasteiger partial charge in [-0.2, -0.15) is 0 Å². The number of ether oxygens (including phenoxy) is 1. The number of aromatic nitrogens is 3. The van der Waals surface area contributed by atoms with Crippen molar-refractivity contribution in [1.82, 2.24) is 15.0 Å². The van der Waals surface area contributed by atoms with Crippen LogP contribution in [0.5, 0.6) is 5.88 Å². The third-order valence-electron chi connectivity index (χ3n) is 2.36. The largest absolute Gasteiger partial charge is 0.481 e. The lowest BCUT2D eigenvalue weighted by Crippen LogP contribution is -2.05. The van der Waals surface area contributed by atoms with Crippen LogP contribution >= 0.6 is 23.4 Å². The van der Waals surface area contributed by atoms with Gasteiger partial charge < -0.3 is 10.1 Å². The van der Waals surface area contributed by atoms with E-state index in [1.54, 1.807) is 19.4 Å². The molecule has 0 radical (unpaired) electrons. The zero-order chi connectivity index (χ0) is 13.7. The second-order valence-electron chi connectivity index (χ2n) is 3.59. The Balaban J connectivity index is 2.12. The molecule has 0 saturated carbocycles. The molecule has 0 aliphatic rings. The molecule has 0 aromatic carbocycles. The van der Waals surface area contributed by atoms with Crippen molar-refractivity contribution in [1.29, 1.82) is 0 Å². The summed E-state index contributed by atoms with van der Waals surface area (Å²) < 4.78 is 5.19. The van der Waals surface area contributed by atoms with Gasteiger partial charge >= 0.3 is 0 Å². The summed E-state index contributed by atoms with van der Waals surface area (Å²) >= 11 is 7.37. The Morgan fingerprint density at radius 1 is 1.42 bits per heavy atom. The maximum Gasteiger partial charge on any atom is 0.218 e. The number of nitrogens with one attached hydrogen (secondary N) is 1. The van der Waals surface area contributed by atoms with Crippen LogP contribution in [0.25, 0.3) is 0 Å². The topological polar surface area (TPSA) is 59.9 Å². The predicted octanol–water partition coefficient (Wildman–Crippen LogP) is 2.87. The minimum atomic E-state index is 0.417. The molecule has 19 heavy (non-hydrogen) atoms. The average Bonchev–Trinajstić information content (AvgIpc) is 2.44. The zero-order valence-electron chi connectivity index (χ0n) is 10.6. The van der Waals surface area contributed by atoms with Crippen LogP contribution in [0.15, 0.2) is 29.6 Å². The molecule has 0 bridgehead atoms. The Morgan fingerprint density at radius 2 is 2.26 bits per heavy atom. The summed E-state index contributed by atoms with van der Waals surface area (Å²) in [7, 11) is 1.60. The Hall–Kier alpha value is -1.53. The van der Waals surface area contributed by atoms with Crippen molar-refractivity contribution >= 4 is 29.2 Å². The van der Waals surface area contributed by atoms with Gasteiger partial charge in [-0.3, -0.25) is 0 Å². The van der Waals surface area contributed by atoms with Crippen LogP contribution in [0.1, 0.15) is 5.56 Å². The molecule has 5 nitrogen and oxygen atoms in total. The van der Waals surface area contributed by atoms with Crippen LogP contribution in [0.3, 0.4) is 0 Å². The highest BCUT2D eigenvalue weighted by molar-refractivity contribution is 7.98. The summed E-state index contributed by atoms with van der Waals surface area (Å²) in [6, 6.07) is 5.49. The molecule has 1 N–H and O–H groups in total. The van der Waals surface area contributed by atoms with Gasteiger partial charge in [-0.15, -0.1) is 0 Å². The number of thioether (sulfide) groups is 1. The minimum Gasteiger partial charge on any atom is -0.481 e. The molecule has 0 saturated heterocycles. The Kier molecular flexibility index (Phi) is 4.81. The van der Waals surface area contributed by atoms with E-state index in [0.717, 1.165) is 5.56 Å². The molecule has 0 unspecified atom stereocenters. The van der Waals surface area contributed by atoms with Crippen LogP contribution in [0.4, 0.5) is 5.82 Å². The summed E-state index contributed by atoms with van der Waals surface area (Å²) in [6.45, 7) is 0.554. The van der Waals surface area contributed by atoms with Gasteiger partial charge in [-0.1, -0.05) is 29.4 Å². The van der Waals surface area contributed by atoms with E-state index >= 15 is 0 Å². The van der Waals surface area contributed by atoms with Crippen molar-refractivity contribution in [3.8, 4) is 5.88 Å². The molecule has 0 aliphatic carbocycles. The Labute approximate surface area is 120 Å². The maximum absolute atomic E-state index is 5.93. The molecule has 2 rings (SSSR count). The van der Waals surface area contributed by atoms with E-state index in [1.807, 2.05) is 18.4 Å².